The number of carbonyl (C=O) groups is 2. The van der Waals surface area contributed by atoms with E-state index < -0.39 is 24.3 Å². The van der Waals surface area contributed by atoms with Crippen LogP contribution in [0.3, 0.4) is 0 Å². The molecule has 4 amide bonds. The average Bonchev–Trinajstić information content (AvgIpc) is 2.91. The Labute approximate surface area is 213 Å². The maximum absolute atomic E-state index is 12.4. The lowest BCUT2D eigenvalue weighted by Gasteiger charge is -2.30. The summed E-state index contributed by atoms with van der Waals surface area (Å²) < 4.78 is 0. The monoisotopic (exact) mass is 496 g/mol. The van der Waals surface area contributed by atoms with Gasteiger partial charge in [-0.25, -0.2) is 9.59 Å². The standard InChI is InChI=1S/C28H40N4O4/c1-19(25(33)23-12-5-3-6-13-23)31-27(35)29-17-21-10-9-11-22(16-21)18-30-28(36)32-20(2)26(34)24-14-7-4-8-15-24/h3-8,12-15,19-22,25-26,33-34H,9-11,16-18H2,1-2H3,(H2,29,31,35)(H2,30,32,36)/t19-,20+,21+,22-,25-,26+. The minimum atomic E-state index is -0.773. The molecule has 2 aromatic rings. The first-order valence-corrected chi connectivity index (χ1v) is 12.9. The number of amides is 4. The van der Waals surface area contributed by atoms with Crippen LogP contribution < -0.4 is 21.3 Å². The first-order chi connectivity index (χ1) is 17.3. The van der Waals surface area contributed by atoms with Crippen molar-refractivity contribution in [1.29, 1.82) is 0 Å². The fraction of sp³-hybridized carbons (Fsp3) is 0.500. The van der Waals surface area contributed by atoms with Crippen molar-refractivity contribution in [2.45, 2.75) is 63.8 Å². The number of hydrogen-bond acceptors (Lipinski definition) is 4. The number of hydrogen-bond donors (Lipinski definition) is 6. The summed E-state index contributed by atoms with van der Waals surface area (Å²) in [6.45, 7) is 4.68. The van der Waals surface area contributed by atoms with E-state index in [0.29, 0.717) is 24.9 Å². The van der Waals surface area contributed by atoms with E-state index in [1.165, 1.54) is 0 Å². The van der Waals surface area contributed by atoms with Crippen LogP contribution >= 0.6 is 0 Å². The number of benzene rings is 2. The lowest BCUT2D eigenvalue weighted by Crippen LogP contribution is -2.46. The molecule has 1 saturated carbocycles. The lowest BCUT2D eigenvalue weighted by atomic mass is 9.81. The van der Waals surface area contributed by atoms with Crippen LogP contribution in [0.15, 0.2) is 60.7 Å². The molecular formula is C28H40N4O4. The fourth-order valence-electron chi connectivity index (χ4n) is 4.80. The number of aliphatic hydroxyl groups is 2. The zero-order chi connectivity index (χ0) is 25.9. The number of rotatable bonds is 10. The van der Waals surface area contributed by atoms with E-state index in [2.05, 4.69) is 21.3 Å². The van der Waals surface area contributed by atoms with Crippen molar-refractivity contribution in [3.8, 4) is 0 Å². The van der Waals surface area contributed by atoms with Crippen molar-refractivity contribution >= 4 is 12.1 Å². The first-order valence-electron chi connectivity index (χ1n) is 12.9. The number of urea groups is 2. The molecule has 0 unspecified atom stereocenters. The molecule has 3 rings (SSSR count). The van der Waals surface area contributed by atoms with Crippen LogP contribution in [-0.2, 0) is 0 Å². The van der Waals surface area contributed by atoms with Crippen molar-refractivity contribution < 1.29 is 19.8 Å². The van der Waals surface area contributed by atoms with Gasteiger partial charge in [-0.2, -0.15) is 0 Å². The Morgan fingerprint density at radius 2 is 1.14 bits per heavy atom. The topological polar surface area (TPSA) is 123 Å². The zero-order valence-electron chi connectivity index (χ0n) is 21.2. The van der Waals surface area contributed by atoms with E-state index in [1.807, 2.05) is 60.7 Å². The van der Waals surface area contributed by atoms with Gasteiger partial charge in [0, 0.05) is 13.1 Å². The summed E-state index contributed by atoms with van der Waals surface area (Å²) in [5.74, 6) is 0.681. The van der Waals surface area contributed by atoms with Gasteiger partial charge in [-0.05, 0) is 56.1 Å². The van der Waals surface area contributed by atoms with Crippen molar-refractivity contribution in [2.75, 3.05) is 13.1 Å². The van der Waals surface area contributed by atoms with Crippen LogP contribution in [0.25, 0.3) is 0 Å². The lowest BCUT2D eigenvalue weighted by molar-refractivity contribution is 0.136. The average molecular weight is 497 g/mol. The summed E-state index contributed by atoms with van der Waals surface area (Å²) in [7, 11) is 0. The smallest absolute Gasteiger partial charge is 0.315 e. The summed E-state index contributed by atoms with van der Waals surface area (Å²) >= 11 is 0. The number of nitrogens with one attached hydrogen (secondary N) is 4. The molecule has 36 heavy (non-hydrogen) atoms. The van der Waals surface area contributed by atoms with Crippen LogP contribution in [0.4, 0.5) is 9.59 Å². The Hall–Kier alpha value is -3.10. The van der Waals surface area contributed by atoms with E-state index in [-0.39, 0.29) is 12.1 Å². The molecule has 8 heteroatoms. The summed E-state index contributed by atoms with van der Waals surface area (Å²) in [6.07, 6.45) is 2.49. The molecule has 2 aromatic carbocycles. The van der Waals surface area contributed by atoms with Gasteiger partial charge in [0.25, 0.3) is 0 Å². The highest BCUT2D eigenvalue weighted by Gasteiger charge is 2.24. The maximum Gasteiger partial charge on any atom is 0.315 e. The molecule has 8 nitrogen and oxygen atoms in total. The van der Waals surface area contributed by atoms with Crippen molar-refractivity contribution in [3.63, 3.8) is 0 Å². The first kappa shape index (κ1) is 27.5. The third kappa shape index (κ3) is 8.53. The molecule has 0 aliphatic heterocycles. The van der Waals surface area contributed by atoms with E-state index in [1.54, 1.807) is 13.8 Å². The molecule has 0 bridgehead atoms. The van der Waals surface area contributed by atoms with Crippen molar-refractivity contribution in [1.82, 2.24) is 21.3 Å². The largest absolute Gasteiger partial charge is 0.386 e. The summed E-state index contributed by atoms with van der Waals surface area (Å²) in [6, 6.07) is 17.1. The van der Waals surface area contributed by atoms with Gasteiger partial charge in [-0.3, -0.25) is 0 Å². The molecular weight excluding hydrogens is 456 g/mol. The Kier molecular flexibility index (Phi) is 10.6. The summed E-state index contributed by atoms with van der Waals surface area (Å²) in [4.78, 5) is 24.7. The van der Waals surface area contributed by atoms with E-state index in [0.717, 1.165) is 36.8 Å². The molecule has 1 fully saturated rings. The van der Waals surface area contributed by atoms with Gasteiger partial charge < -0.3 is 31.5 Å². The van der Waals surface area contributed by atoms with Gasteiger partial charge in [-0.15, -0.1) is 0 Å². The molecule has 6 N–H and O–H groups in total. The zero-order valence-corrected chi connectivity index (χ0v) is 21.2. The third-order valence-corrected chi connectivity index (χ3v) is 6.94. The molecule has 0 heterocycles. The molecule has 1 aliphatic rings. The van der Waals surface area contributed by atoms with Gasteiger partial charge >= 0.3 is 12.1 Å². The summed E-state index contributed by atoms with van der Waals surface area (Å²) in [5.41, 5.74) is 1.53. The quantitative estimate of drug-likeness (QED) is 0.301. The predicted molar refractivity (Wildman–Crippen MR) is 140 cm³/mol. The van der Waals surface area contributed by atoms with E-state index >= 15 is 0 Å². The van der Waals surface area contributed by atoms with Crippen LogP contribution in [0, 0.1) is 11.8 Å². The number of aliphatic hydroxyl groups excluding tert-OH is 2. The molecule has 0 radical (unpaired) electrons. The molecule has 0 spiro atoms. The fourth-order valence-corrected chi connectivity index (χ4v) is 4.80. The van der Waals surface area contributed by atoms with Crippen LogP contribution in [-0.4, -0.2) is 47.4 Å². The Morgan fingerprint density at radius 3 is 1.53 bits per heavy atom. The maximum atomic E-state index is 12.4. The van der Waals surface area contributed by atoms with Crippen LogP contribution in [0.1, 0.15) is 62.9 Å². The van der Waals surface area contributed by atoms with E-state index in [4.69, 9.17) is 0 Å². The minimum Gasteiger partial charge on any atom is -0.386 e. The molecule has 1 aliphatic carbocycles. The molecule has 196 valence electrons. The third-order valence-electron chi connectivity index (χ3n) is 6.94. The highest BCUT2D eigenvalue weighted by Crippen LogP contribution is 2.28. The molecule has 6 atom stereocenters. The van der Waals surface area contributed by atoms with Crippen LogP contribution in [0.2, 0.25) is 0 Å². The highest BCUT2D eigenvalue weighted by atomic mass is 16.3. The van der Waals surface area contributed by atoms with Gasteiger partial charge in [0.1, 0.15) is 0 Å². The van der Waals surface area contributed by atoms with Gasteiger partial charge in [-0.1, -0.05) is 67.1 Å². The number of carbonyl (C=O) groups excluding carboxylic acids is 2. The van der Waals surface area contributed by atoms with Crippen LogP contribution in [0.5, 0.6) is 0 Å². The van der Waals surface area contributed by atoms with Crippen molar-refractivity contribution in [2.24, 2.45) is 11.8 Å². The minimum absolute atomic E-state index is 0.289. The second-order valence-corrected chi connectivity index (χ2v) is 9.90. The van der Waals surface area contributed by atoms with Gasteiger partial charge in [0.15, 0.2) is 0 Å². The van der Waals surface area contributed by atoms with Gasteiger partial charge in [0.2, 0.25) is 0 Å². The SMILES string of the molecule is C[C@H](NC(=O)NC[C@@H]1CCC[C@H](CNC(=O)N[C@H](C)[C@@H](O)c2ccccc2)C1)[C@H](O)c1ccccc1. The second kappa shape index (κ2) is 13.8. The van der Waals surface area contributed by atoms with Gasteiger partial charge in [0.05, 0.1) is 24.3 Å². The normalized spacial score (nSPS) is 20.9. The highest BCUT2D eigenvalue weighted by molar-refractivity contribution is 5.74. The Bertz CT molecular complexity index is 868. The predicted octanol–water partition coefficient (Wildman–Crippen LogP) is 3.64. The Balaban J connectivity index is 1.35. The second-order valence-electron chi connectivity index (χ2n) is 9.90. The molecule has 0 saturated heterocycles. The van der Waals surface area contributed by atoms with Crippen molar-refractivity contribution in [3.05, 3.63) is 71.8 Å². The summed E-state index contributed by atoms with van der Waals surface area (Å²) in [5, 5.41) is 32.4. The Morgan fingerprint density at radius 1 is 0.750 bits per heavy atom. The molecule has 0 aromatic heterocycles. The van der Waals surface area contributed by atoms with E-state index in [9.17, 15) is 19.8 Å².